The number of aliphatic hydroxyl groups is 2. The molecule has 5 fully saturated rings. The van der Waals surface area contributed by atoms with E-state index in [0.29, 0.717) is 58.7 Å². The molecule has 3 saturated carbocycles. The standard InChI is InChI=1S/C48H67N7O7/c1-28-38-22-34(48(38,3)4)23-39(28)52-47(60)43-42(29(2)57)41(26-56)62-55(43)25-31-14-11-15-37(44(31)61-7)32-19-33(21-36(20-32)54(5)6)45(58)53-40(18-30-12-9-8-10-13-30)46(59)50-17-16-35-24-49-27-51-35/h8-15,19-21,28-29,34-35,38-43,49,51,56-57H,16-18,22-27H2,1-7H3,(H,50,59)(H,52,60)(H,53,58)/t28-,29-,34+,35?,38-,39-,40+,41-,42+,43-/m0/s1. The van der Waals surface area contributed by atoms with Crippen LogP contribution in [0.1, 0.15) is 68.4 Å². The fraction of sp³-hybridized carbons (Fsp3) is 0.562. The number of methoxy groups -OCH3 is 1. The number of hydroxylamine groups is 2. The number of aliphatic hydroxyl groups excluding tert-OH is 2. The van der Waals surface area contributed by atoms with Crippen LogP contribution in [0.4, 0.5) is 5.69 Å². The number of benzene rings is 3. The highest BCUT2D eigenvalue weighted by atomic mass is 16.7. The van der Waals surface area contributed by atoms with E-state index in [2.05, 4.69) is 47.4 Å². The molecule has 0 radical (unpaired) electrons. The van der Waals surface area contributed by atoms with Gasteiger partial charge in [0.1, 0.15) is 23.9 Å². The van der Waals surface area contributed by atoms with Crippen molar-refractivity contribution in [2.75, 3.05) is 52.5 Å². The minimum Gasteiger partial charge on any atom is -0.496 e. The molecule has 14 heteroatoms. The van der Waals surface area contributed by atoms with E-state index < -0.39 is 36.1 Å². The maximum absolute atomic E-state index is 14.4. The van der Waals surface area contributed by atoms with E-state index >= 15 is 0 Å². The fourth-order valence-corrected chi connectivity index (χ4v) is 10.5. The Kier molecular flexibility index (Phi) is 14.3. The molecule has 2 aliphatic heterocycles. The molecule has 8 rings (SSSR count). The average molecular weight is 854 g/mol. The second-order valence-corrected chi connectivity index (χ2v) is 18.7. The molecule has 14 nitrogen and oxygen atoms in total. The van der Waals surface area contributed by atoms with Gasteiger partial charge in [-0.1, -0.05) is 69.3 Å². The number of hydrogen-bond donors (Lipinski definition) is 7. The normalized spacial score (nSPS) is 27.4. The van der Waals surface area contributed by atoms with Gasteiger partial charge in [0.05, 0.1) is 26.4 Å². The van der Waals surface area contributed by atoms with Gasteiger partial charge in [-0.15, -0.1) is 0 Å². The van der Waals surface area contributed by atoms with Crippen LogP contribution in [0.2, 0.25) is 0 Å². The molecule has 3 aromatic carbocycles. The number of nitrogens with one attached hydrogen (secondary N) is 5. The Bertz CT molecular complexity index is 2040. The van der Waals surface area contributed by atoms with Crippen LogP contribution < -0.4 is 36.2 Å². The Morgan fingerprint density at radius 2 is 1.84 bits per heavy atom. The van der Waals surface area contributed by atoms with Crippen LogP contribution in [0.15, 0.2) is 66.7 Å². The number of hydrogen-bond acceptors (Lipinski definition) is 11. The first-order valence-corrected chi connectivity index (χ1v) is 22.3. The topological polar surface area (TPSA) is 177 Å². The lowest BCUT2D eigenvalue weighted by Gasteiger charge is -2.62. The number of fused-ring (bicyclic) bond motifs is 2. The molecule has 3 aromatic rings. The third kappa shape index (κ3) is 9.65. The molecule has 3 aliphatic carbocycles. The van der Waals surface area contributed by atoms with Crippen molar-refractivity contribution in [2.24, 2.45) is 29.1 Å². The molecule has 10 atom stereocenters. The van der Waals surface area contributed by atoms with E-state index in [1.807, 2.05) is 73.6 Å². The summed E-state index contributed by atoms with van der Waals surface area (Å²) in [6, 6.07) is 19.5. The quantitative estimate of drug-likeness (QED) is 0.106. The predicted molar refractivity (Wildman–Crippen MR) is 239 cm³/mol. The van der Waals surface area contributed by atoms with Gasteiger partial charge in [0.25, 0.3) is 5.91 Å². The van der Waals surface area contributed by atoms with Crippen molar-refractivity contribution in [2.45, 2.75) is 96.3 Å². The number of carbonyl (C=O) groups is 3. The van der Waals surface area contributed by atoms with E-state index in [1.54, 1.807) is 31.2 Å². The molecule has 336 valence electrons. The highest BCUT2D eigenvalue weighted by molar-refractivity contribution is 6.00. The summed E-state index contributed by atoms with van der Waals surface area (Å²) < 4.78 is 6.12. The van der Waals surface area contributed by atoms with E-state index in [-0.39, 0.29) is 42.5 Å². The Morgan fingerprint density at radius 1 is 1.06 bits per heavy atom. The number of nitrogens with zero attached hydrogens (tertiary/aromatic N) is 2. The molecule has 7 N–H and O–H groups in total. The predicted octanol–water partition coefficient (Wildman–Crippen LogP) is 3.46. The third-order valence-electron chi connectivity index (χ3n) is 14.3. The summed E-state index contributed by atoms with van der Waals surface area (Å²) in [7, 11) is 5.39. The fourth-order valence-electron chi connectivity index (χ4n) is 10.5. The van der Waals surface area contributed by atoms with Crippen LogP contribution in [0.3, 0.4) is 0 Å². The van der Waals surface area contributed by atoms with Gasteiger partial charge in [0, 0.05) is 80.7 Å². The number of amides is 3. The second kappa shape index (κ2) is 19.4. The summed E-state index contributed by atoms with van der Waals surface area (Å²) in [6.45, 7) is 10.3. The van der Waals surface area contributed by atoms with Gasteiger partial charge in [-0.25, -0.2) is 0 Å². The van der Waals surface area contributed by atoms with E-state index in [9.17, 15) is 24.6 Å². The maximum atomic E-state index is 14.4. The van der Waals surface area contributed by atoms with Gasteiger partial charge in [0.2, 0.25) is 11.8 Å². The lowest BCUT2D eigenvalue weighted by Crippen LogP contribution is -2.62. The molecular formula is C48H67N7O7. The molecule has 2 saturated heterocycles. The SMILES string of the molecule is COc1c(CN2O[C@@H](CO)[C@@H]([C@H](C)O)[C@H]2C(=O)N[C@H]2C[C@H]3C[C@@H]([C@@H]2C)C3(C)C)cccc1-c1cc(C(=O)N[C@H](Cc2ccccc2)C(=O)NCCC2CNCN2)cc(N(C)C)c1. The monoisotopic (exact) mass is 854 g/mol. The highest BCUT2D eigenvalue weighted by Crippen LogP contribution is 2.61. The number of ether oxygens (including phenoxy) is 1. The zero-order chi connectivity index (χ0) is 44.3. The molecule has 0 spiro atoms. The van der Waals surface area contributed by atoms with Crippen molar-refractivity contribution in [1.82, 2.24) is 31.6 Å². The van der Waals surface area contributed by atoms with Crippen LogP contribution in [0.5, 0.6) is 5.75 Å². The van der Waals surface area contributed by atoms with Crippen LogP contribution in [0.25, 0.3) is 11.1 Å². The van der Waals surface area contributed by atoms with Crippen LogP contribution in [-0.2, 0) is 27.4 Å². The Hall–Kier alpha value is -4.57. The second-order valence-electron chi connectivity index (χ2n) is 18.7. The van der Waals surface area contributed by atoms with Gasteiger partial charge in [-0.05, 0) is 78.7 Å². The number of carbonyl (C=O) groups excluding carboxylic acids is 3. The van der Waals surface area contributed by atoms with Crippen molar-refractivity contribution in [3.05, 3.63) is 83.4 Å². The molecule has 5 aliphatic rings. The summed E-state index contributed by atoms with van der Waals surface area (Å²) in [5, 5.41) is 39.1. The summed E-state index contributed by atoms with van der Waals surface area (Å²) in [5.74, 6) is 0.369. The minimum absolute atomic E-state index is 0.0112. The molecule has 2 heterocycles. The van der Waals surface area contributed by atoms with Crippen molar-refractivity contribution in [1.29, 1.82) is 0 Å². The zero-order valence-corrected chi connectivity index (χ0v) is 37.3. The van der Waals surface area contributed by atoms with Gasteiger partial charge >= 0.3 is 0 Å². The molecule has 3 amide bonds. The maximum Gasteiger partial charge on any atom is 0.252 e. The van der Waals surface area contributed by atoms with Crippen molar-refractivity contribution in [3.8, 4) is 16.9 Å². The Balaban J connectivity index is 1.14. The van der Waals surface area contributed by atoms with E-state index in [4.69, 9.17) is 9.57 Å². The Labute approximate surface area is 366 Å². The lowest BCUT2D eigenvalue weighted by atomic mass is 9.45. The smallest absolute Gasteiger partial charge is 0.252 e. The van der Waals surface area contributed by atoms with Gasteiger partial charge in [-0.2, -0.15) is 5.06 Å². The van der Waals surface area contributed by atoms with Gasteiger partial charge in [-0.3, -0.25) is 19.2 Å². The summed E-state index contributed by atoms with van der Waals surface area (Å²) in [5.41, 5.74) is 4.45. The molecule has 62 heavy (non-hydrogen) atoms. The first-order chi connectivity index (χ1) is 29.7. The Morgan fingerprint density at radius 3 is 2.48 bits per heavy atom. The first kappa shape index (κ1) is 45.5. The summed E-state index contributed by atoms with van der Waals surface area (Å²) in [6.07, 6.45) is 1.46. The van der Waals surface area contributed by atoms with Crippen LogP contribution in [-0.4, -0.2) is 117 Å². The zero-order valence-electron chi connectivity index (χ0n) is 37.3. The summed E-state index contributed by atoms with van der Waals surface area (Å²) >= 11 is 0. The lowest BCUT2D eigenvalue weighted by molar-refractivity contribution is -0.183. The van der Waals surface area contributed by atoms with Crippen LogP contribution in [0, 0.1) is 29.1 Å². The largest absolute Gasteiger partial charge is 0.496 e. The van der Waals surface area contributed by atoms with Gasteiger partial charge < -0.3 is 46.4 Å². The minimum atomic E-state index is -0.930. The number of anilines is 1. The van der Waals surface area contributed by atoms with Gasteiger partial charge in [0.15, 0.2) is 0 Å². The molecule has 2 bridgehead atoms. The van der Waals surface area contributed by atoms with Crippen molar-refractivity contribution >= 4 is 23.4 Å². The van der Waals surface area contributed by atoms with E-state index in [0.717, 1.165) is 37.3 Å². The van der Waals surface area contributed by atoms with Crippen molar-refractivity contribution in [3.63, 3.8) is 0 Å². The number of para-hydroxylation sites is 1. The molecular weight excluding hydrogens is 787 g/mol. The summed E-state index contributed by atoms with van der Waals surface area (Å²) in [4.78, 5) is 50.5. The molecule has 0 aromatic heterocycles. The van der Waals surface area contributed by atoms with Crippen LogP contribution >= 0.6 is 0 Å². The number of rotatable bonds is 17. The first-order valence-electron chi connectivity index (χ1n) is 22.3. The van der Waals surface area contributed by atoms with E-state index in [1.165, 1.54) is 6.42 Å². The van der Waals surface area contributed by atoms with Crippen molar-refractivity contribution < 1.29 is 34.2 Å². The average Bonchev–Trinajstić information content (AvgIpc) is 3.92. The third-order valence-corrected chi connectivity index (χ3v) is 14.3. The highest BCUT2D eigenvalue weighted by Gasteiger charge is 2.57. The molecule has 1 unspecified atom stereocenters.